The summed E-state index contributed by atoms with van der Waals surface area (Å²) in [6.45, 7) is 8.29. The quantitative estimate of drug-likeness (QED) is 0.906. The highest BCUT2D eigenvalue weighted by Crippen LogP contribution is 2.38. The van der Waals surface area contributed by atoms with Crippen molar-refractivity contribution in [3.63, 3.8) is 0 Å². The van der Waals surface area contributed by atoms with Gasteiger partial charge in [0, 0.05) is 17.0 Å². The highest BCUT2D eigenvalue weighted by atomic mass is 16.3. The molecule has 106 valence electrons. The summed E-state index contributed by atoms with van der Waals surface area (Å²) < 4.78 is 5.75. The van der Waals surface area contributed by atoms with Crippen LogP contribution in [0.1, 0.15) is 40.0 Å². The van der Waals surface area contributed by atoms with Crippen LogP contribution >= 0.6 is 0 Å². The molecule has 0 radical (unpaired) electrons. The minimum atomic E-state index is -0.119. The Morgan fingerprint density at radius 1 is 1.40 bits per heavy atom. The van der Waals surface area contributed by atoms with Crippen LogP contribution in [0.3, 0.4) is 0 Å². The zero-order chi connectivity index (χ0) is 14.5. The van der Waals surface area contributed by atoms with Gasteiger partial charge in [0.05, 0.1) is 0 Å². The second kappa shape index (κ2) is 4.33. The van der Waals surface area contributed by atoms with Gasteiger partial charge >= 0.3 is 0 Å². The molecule has 1 aliphatic carbocycles. The fourth-order valence-corrected chi connectivity index (χ4v) is 2.25. The van der Waals surface area contributed by atoms with E-state index in [-0.39, 0.29) is 17.2 Å². The maximum absolute atomic E-state index is 11.9. The first kappa shape index (κ1) is 13.2. The van der Waals surface area contributed by atoms with E-state index in [2.05, 4.69) is 38.0 Å². The van der Waals surface area contributed by atoms with E-state index in [1.807, 2.05) is 18.2 Å². The Hall–Kier alpha value is -1.84. The molecule has 3 rings (SSSR count). The lowest BCUT2D eigenvalue weighted by Crippen LogP contribution is -2.14. The van der Waals surface area contributed by atoms with Crippen molar-refractivity contribution < 1.29 is 9.21 Å². The Kier molecular flexibility index (Phi) is 2.85. The van der Waals surface area contributed by atoms with Gasteiger partial charge in [-0.3, -0.25) is 4.79 Å². The molecule has 4 heteroatoms. The highest BCUT2D eigenvalue weighted by Gasteiger charge is 2.39. The lowest BCUT2D eigenvalue weighted by molar-refractivity contribution is -0.117. The van der Waals surface area contributed by atoms with Crippen LogP contribution in [0.15, 0.2) is 22.6 Å². The fraction of sp³-hybridized carbons (Fsp3) is 0.500. The molecule has 1 amide bonds. The van der Waals surface area contributed by atoms with Crippen molar-refractivity contribution in [1.29, 1.82) is 0 Å². The smallest absolute Gasteiger partial charge is 0.227 e. The maximum atomic E-state index is 11.9. The van der Waals surface area contributed by atoms with Crippen LogP contribution in [-0.4, -0.2) is 10.9 Å². The molecule has 1 aromatic heterocycles. The van der Waals surface area contributed by atoms with Crippen molar-refractivity contribution in [3.8, 4) is 0 Å². The largest absolute Gasteiger partial charge is 0.440 e. The number of fused-ring (bicyclic) bond motifs is 1. The van der Waals surface area contributed by atoms with Gasteiger partial charge in [-0.2, -0.15) is 0 Å². The minimum absolute atomic E-state index is 0.108. The van der Waals surface area contributed by atoms with Crippen molar-refractivity contribution in [2.75, 3.05) is 5.32 Å². The van der Waals surface area contributed by atoms with E-state index in [0.29, 0.717) is 11.8 Å². The average Bonchev–Trinajstić information content (AvgIpc) is 2.92. The molecule has 1 aromatic carbocycles. The molecule has 2 atom stereocenters. The molecule has 1 aliphatic rings. The molecule has 0 aliphatic heterocycles. The average molecular weight is 272 g/mol. The molecule has 1 fully saturated rings. The third-order valence-electron chi connectivity index (χ3n) is 3.74. The van der Waals surface area contributed by atoms with Gasteiger partial charge in [0.25, 0.3) is 0 Å². The summed E-state index contributed by atoms with van der Waals surface area (Å²) >= 11 is 0. The molecular formula is C16H20N2O2. The molecule has 4 nitrogen and oxygen atoms in total. The second-order valence-electron chi connectivity index (χ2n) is 6.76. The summed E-state index contributed by atoms with van der Waals surface area (Å²) in [6, 6.07) is 5.60. The van der Waals surface area contributed by atoms with Crippen molar-refractivity contribution in [2.24, 2.45) is 11.8 Å². The van der Waals surface area contributed by atoms with Crippen molar-refractivity contribution in [2.45, 2.75) is 39.5 Å². The Bertz CT molecular complexity index is 667. The normalized spacial score (nSPS) is 22.0. The molecule has 0 saturated heterocycles. The Morgan fingerprint density at radius 3 is 2.70 bits per heavy atom. The number of carbonyl (C=O) groups is 1. The summed E-state index contributed by atoms with van der Waals surface area (Å²) in [7, 11) is 0. The van der Waals surface area contributed by atoms with Crippen molar-refractivity contribution >= 4 is 22.7 Å². The summed E-state index contributed by atoms with van der Waals surface area (Å²) in [5.41, 5.74) is 2.21. The summed E-state index contributed by atoms with van der Waals surface area (Å²) in [4.78, 5) is 16.4. The standard InChI is InChI=1S/C16H20N2O2/c1-9-7-11(9)14(19)17-10-5-6-13-12(8-10)18-15(20-13)16(2,3)4/h5-6,8-9,11H,7H2,1-4H3,(H,17,19). The van der Waals surface area contributed by atoms with Crippen LogP contribution < -0.4 is 5.32 Å². The number of oxazole rings is 1. The first-order valence-electron chi connectivity index (χ1n) is 7.06. The Balaban J connectivity index is 1.85. The van der Waals surface area contributed by atoms with E-state index in [9.17, 15) is 4.79 Å². The van der Waals surface area contributed by atoms with Crippen LogP contribution in [0.25, 0.3) is 11.1 Å². The van der Waals surface area contributed by atoms with E-state index in [1.165, 1.54) is 0 Å². The summed E-state index contributed by atoms with van der Waals surface area (Å²) in [6.07, 6.45) is 0.992. The number of hydrogen-bond acceptors (Lipinski definition) is 3. The molecule has 2 aromatic rings. The van der Waals surface area contributed by atoms with Gasteiger partial charge in [-0.1, -0.05) is 27.7 Å². The first-order valence-corrected chi connectivity index (χ1v) is 7.06. The maximum Gasteiger partial charge on any atom is 0.227 e. The number of hydrogen-bond donors (Lipinski definition) is 1. The third-order valence-corrected chi connectivity index (χ3v) is 3.74. The van der Waals surface area contributed by atoms with E-state index < -0.39 is 0 Å². The minimum Gasteiger partial charge on any atom is -0.440 e. The number of nitrogens with zero attached hydrogens (tertiary/aromatic N) is 1. The predicted molar refractivity (Wildman–Crippen MR) is 78.6 cm³/mol. The monoisotopic (exact) mass is 272 g/mol. The Morgan fingerprint density at radius 2 is 2.10 bits per heavy atom. The van der Waals surface area contributed by atoms with Crippen molar-refractivity contribution in [3.05, 3.63) is 24.1 Å². The second-order valence-corrected chi connectivity index (χ2v) is 6.76. The van der Waals surface area contributed by atoms with Gasteiger partial charge in [-0.15, -0.1) is 0 Å². The zero-order valence-electron chi connectivity index (χ0n) is 12.4. The van der Waals surface area contributed by atoms with E-state index >= 15 is 0 Å². The van der Waals surface area contributed by atoms with E-state index in [0.717, 1.165) is 23.2 Å². The lowest BCUT2D eigenvalue weighted by Gasteiger charge is -2.11. The zero-order valence-corrected chi connectivity index (χ0v) is 12.4. The predicted octanol–water partition coefficient (Wildman–Crippen LogP) is 3.72. The molecular weight excluding hydrogens is 252 g/mol. The molecule has 0 bridgehead atoms. The number of rotatable bonds is 2. The van der Waals surface area contributed by atoms with Gasteiger partial charge in [0.15, 0.2) is 5.58 Å². The Labute approximate surface area is 118 Å². The number of benzene rings is 1. The number of carbonyl (C=O) groups excluding carboxylic acids is 1. The molecule has 0 spiro atoms. The molecule has 2 unspecified atom stereocenters. The van der Waals surface area contributed by atoms with E-state index in [4.69, 9.17) is 4.42 Å². The molecule has 1 saturated carbocycles. The topological polar surface area (TPSA) is 55.1 Å². The van der Waals surface area contributed by atoms with Crippen LogP contribution in [0, 0.1) is 11.8 Å². The number of anilines is 1. The number of amides is 1. The van der Waals surface area contributed by atoms with Crippen LogP contribution in [0.4, 0.5) is 5.69 Å². The number of aromatic nitrogens is 1. The van der Waals surface area contributed by atoms with Gasteiger partial charge in [0.1, 0.15) is 5.52 Å². The lowest BCUT2D eigenvalue weighted by atomic mass is 9.97. The van der Waals surface area contributed by atoms with Gasteiger partial charge in [-0.25, -0.2) is 4.98 Å². The third kappa shape index (κ3) is 2.42. The van der Waals surface area contributed by atoms with Gasteiger partial charge in [0.2, 0.25) is 11.8 Å². The first-order chi connectivity index (χ1) is 9.34. The molecule has 20 heavy (non-hydrogen) atoms. The van der Waals surface area contributed by atoms with E-state index in [1.54, 1.807) is 0 Å². The summed E-state index contributed by atoms with van der Waals surface area (Å²) in [5, 5.41) is 2.95. The van der Waals surface area contributed by atoms with Crippen molar-refractivity contribution in [1.82, 2.24) is 4.98 Å². The van der Waals surface area contributed by atoms with Crippen LogP contribution in [-0.2, 0) is 10.2 Å². The van der Waals surface area contributed by atoms with Crippen LogP contribution in [0.2, 0.25) is 0 Å². The van der Waals surface area contributed by atoms with Gasteiger partial charge in [-0.05, 0) is 30.5 Å². The SMILES string of the molecule is CC1CC1C(=O)Nc1ccc2oc(C(C)(C)C)nc2c1. The van der Waals surface area contributed by atoms with Crippen LogP contribution in [0.5, 0.6) is 0 Å². The number of nitrogens with one attached hydrogen (secondary N) is 1. The molecule has 1 N–H and O–H groups in total. The summed E-state index contributed by atoms with van der Waals surface area (Å²) in [5.74, 6) is 1.51. The molecule has 1 heterocycles. The highest BCUT2D eigenvalue weighted by molar-refractivity contribution is 5.95. The fourth-order valence-electron chi connectivity index (χ4n) is 2.25. The van der Waals surface area contributed by atoms with Gasteiger partial charge < -0.3 is 9.73 Å².